The van der Waals surface area contributed by atoms with Crippen molar-refractivity contribution in [3.63, 3.8) is 0 Å². The smallest absolute Gasteiger partial charge is 0.303 e. The monoisotopic (exact) mass is 251 g/mol. The lowest BCUT2D eigenvalue weighted by Gasteiger charge is -2.40. The quantitative estimate of drug-likeness (QED) is 0.641. The fourth-order valence-electron chi connectivity index (χ4n) is 1.81. The van der Waals surface area contributed by atoms with Crippen LogP contribution in [0.2, 0.25) is 0 Å². The molecule has 17 heavy (non-hydrogen) atoms. The topological polar surface area (TPSA) is 63.2 Å². The van der Waals surface area contributed by atoms with Crippen LogP contribution in [0.3, 0.4) is 0 Å². The molecule has 0 aromatic carbocycles. The van der Waals surface area contributed by atoms with Gasteiger partial charge in [0, 0.05) is 28.2 Å². The lowest BCUT2D eigenvalue weighted by molar-refractivity contribution is -0.223. The summed E-state index contributed by atoms with van der Waals surface area (Å²) in [4.78, 5) is 11.1. The summed E-state index contributed by atoms with van der Waals surface area (Å²) >= 11 is 0. The first-order valence-corrected chi connectivity index (χ1v) is 5.11. The summed E-state index contributed by atoms with van der Waals surface area (Å²) in [6.45, 7) is 1.47. The number of methoxy groups -OCH3 is 3. The molecular weight excluding hydrogens is 228 g/mol. The Morgan fingerprint density at radius 3 is 2.76 bits per heavy atom. The maximum Gasteiger partial charge on any atom is 0.303 e. The molecule has 0 bridgehead atoms. The molecule has 0 amide bonds. The van der Waals surface area contributed by atoms with Crippen LogP contribution < -0.4 is 0 Å². The standard InChI is InChI=1S/C11H20O6/c1-7(12)17-9-6-16-8(5-13-2)10(14-3)11(9)15-4/h8-11H,5-6H2,1-4H3/t8-,9+,10-,11-/m1/s1/i2D,3D,4D. The first-order chi connectivity index (χ1) is 9.63. The van der Waals surface area contributed by atoms with Crippen molar-refractivity contribution in [1.29, 1.82) is 0 Å². The fourth-order valence-corrected chi connectivity index (χ4v) is 1.81. The third-order valence-electron chi connectivity index (χ3n) is 2.52. The van der Waals surface area contributed by atoms with Gasteiger partial charge in [-0.3, -0.25) is 4.79 Å². The molecular formula is C11H20O6. The van der Waals surface area contributed by atoms with Gasteiger partial charge in [0.2, 0.25) is 0 Å². The zero-order valence-corrected chi connectivity index (χ0v) is 9.79. The highest BCUT2D eigenvalue weighted by atomic mass is 16.6. The summed E-state index contributed by atoms with van der Waals surface area (Å²) in [6, 6.07) is 0. The van der Waals surface area contributed by atoms with Crippen molar-refractivity contribution < 1.29 is 32.6 Å². The predicted molar refractivity (Wildman–Crippen MR) is 58.8 cm³/mol. The van der Waals surface area contributed by atoms with Gasteiger partial charge >= 0.3 is 5.97 Å². The Hall–Kier alpha value is -0.690. The number of ether oxygens (including phenoxy) is 5. The van der Waals surface area contributed by atoms with E-state index in [4.69, 9.17) is 27.8 Å². The van der Waals surface area contributed by atoms with Crippen LogP contribution in [0.15, 0.2) is 0 Å². The molecule has 1 heterocycles. The fraction of sp³-hybridized carbons (Fsp3) is 0.909. The van der Waals surface area contributed by atoms with Gasteiger partial charge in [-0.05, 0) is 0 Å². The van der Waals surface area contributed by atoms with E-state index in [0.717, 1.165) is 0 Å². The van der Waals surface area contributed by atoms with Gasteiger partial charge in [-0.15, -0.1) is 0 Å². The zero-order chi connectivity index (χ0) is 15.0. The van der Waals surface area contributed by atoms with Crippen molar-refractivity contribution in [2.45, 2.75) is 31.3 Å². The second-order valence-corrected chi connectivity index (χ2v) is 3.65. The molecule has 1 aliphatic rings. The Labute approximate surface area is 105 Å². The Balaban J connectivity index is 2.77. The number of carbonyl (C=O) groups excluding carboxylic acids is 1. The summed E-state index contributed by atoms with van der Waals surface area (Å²) in [5.41, 5.74) is 0. The summed E-state index contributed by atoms with van der Waals surface area (Å²) in [5, 5.41) is 0. The number of esters is 1. The number of hydrogen-bond donors (Lipinski definition) is 0. The van der Waals surface area contributed by atoms with E-state index in [0.29, 0.717) is 0 Å². The highest BCUT2D eigenvalue weighted by molar-refractivity contribution is 5.66. The third-order valence-corrected chi connectivity index (χ3v) is 2.52. The van der Waals surface area contributed by atoms with Gasteiger partial charge in [0.05, 0.1) is 17.3 Å². The van der Waals surface area contributed by atoms with Crippen molar-refractivity contribution in [2.75, 3.05) is 34.5 Å². The molecule has 1 saturated heterocycles. The lowest BCUT2D eigenvalue weighted by Crippen LogP contribution is -2.57. The molecule has 6 heteroatoms. The molecule has 1 rings (SSSR count). The SMILES string of the molecule is [2H]COC[C@H]1OC[C@H](OC(C)=O)[C@@H](OC[2H])[C@@H]1OC[2H]. The van der Waals surface area contributed by atoms with Gasteiger partial charge in [-0.2, -0.15) is 0 Å². The number of hydrogen-bond acceptors (Lipinski definition) is 6. The molecule has 0 N–H and O–H groups in total. The van der Waals surface area contributed by atoms with Crippen LogP contribution in [0, 0.1) is 0 Å². The maximum atomic E-state index is 11.1. The molecule has 0 unspecified atom stereocenters. The van der Waals surface area contributed by atoms with Crippen LogP contribution in [0.4, 0.5) is 0 Å². The van der Waals surface area contributed by atoms with Gasteiger partial charge in [0.1, 0.15) is 18.3 Å². The van der Waals surface area contributed by atoms with Crippen molar-refractivity contribution >= 4 is 5.97 Å². The van der Waals surface area contributed by atoms with Crippen LogP contribution in [0.5, 0.6) is 0 Å². The number of rotatable bonds is 5. The largest absolute Gasteiger partial charge is 0.457 e. The molecule has 1 fully saturated rings. The highest BCUT2D eigenvalue weighted by Crippen LogP contribution is 2.23. The van der Waals surface area contributed by atoms with Crippen molar-refractivity contribution in [3.05, 3.63) is 0 Å². The molecule has 0 aliphatic carbocycles. The average Bonchev–Trinajstić information content (AvgIpc) is 2.41. The van der Waals surface area contributed by atoms with E-state index in [9.17, 15) is 4.79 Å². The molecule has 1 aliphatic heterocycles. The van der Waals surface area contributed by atoms with Crippen LogP contribution in [0.1, 0.15) is 11.0 Å². The van der Waals surface area contributed by atoms with Crippen LogP contribution in [-0.2, 0) is 28.5 Å². The van der Waals surface area contributed by atoms with Gasteiger partial charge in [0.25, 0.3) is 0 Å². The number of carbonyl (C=O) groups is 1. The summed E-state index contributed by atoms with van der Waals surface area (Å²) in [7, 11) is -0.868. The normalized spacial score (nSPS) is 35.7. The second-order valence-electron chi connectivity index (χ2n) is 3.65. The molecule has 0 radical (unpaired) electrons. The first-order valence-electron chi connectivity index (χ1n) is 7.23. The van der Waals surface area contributed by atoms with E-state index in [2.05, 4.69) is 0 Å². The van der Waals surface area contributed by atoms with E-state index in [1.807, 2.05) is 0 Å². The van der Waals surface area contributed by atoms with E-state index < -0.39 is 30.4 Å². The minimum absolute atomic E-state index is 0.0914. The van der Waals surface area contributed by atoms with Crippen LogP contribution in [0.25, 0.3) is 0 Å². The predicted octanol–water partition coefficient (Wildman–Crippen LogP) is -0.00670. The van der Waals surface area contributed by atoms with E-state index in [-0.39, 0.29) is 34.5 Å². The molecule has 4 atom stereocenters. The zero-order valence-electron chi connectivity index (χ0n) is 12.8. The second kappa shape index (κ2) is 6.90. The average molecular weight is 251 g/mol. The van der Waals surface area contributed by atoms with Gasteiger partial charge in [-0.1, -0.05) is 0 Å². The van der Waals surface area contributed by atoms with Crippen molar-refractivity contribution in [3.8, 4) is 0 Å². The molecule has 0 saturated carbocycles. The summed E-state index contributed by atoms with van der Waals surface area (Å²) < 4.78 is 47.4. The molecule has 6 nitrogen and oxygen atoms in total. The van der Waals surface area contributed by atoms with E-state index in [1.165, 1.54) is 6.92 Å². The molecule has 0 aromatic rings. The summed E-state index contributed by atoms with van der Waals surface area (Å²) in [5.74, 6) is -0.484. The van der Waals surface area contributed by atoms with Gasteiger partial charge in [-0.25, -0.2) is 0 Å². The van der Waals surface area contributed by atoms with Crippen LogP contribution >= 0.6 is 0 Å². The molecule has 0 spiro atoms. The maximum absolute atomic E-state index is 11.1. The highest BCUT2D eigenvalue weighted by Gasteiger charge is 2.42. The van der Waals surface area contributed by atoms with Gasteiger partial charge < -0.3 is 23.7 Å². The molecule has 100 valence electrons. The minimum Gasteiger partial charge on any atom is -0.457 e. The Morgan fingerprint density at radius 2 is 2.12 bits per heavy atom. The Bertz CT molecular complexity index is 293. The summed E-state index contributed by atoms with van der Waals surface area (Å²) in [6.07, 6.45) is -2.62. The minimum atomic E-state index is -0.699. The van der Waals surface area contributed by atoms with Crippen LogP contribution in [-0.4, -0.2) is 64.9 Å². The Morgan fingerprint density at radius 1 is 1.35 bits per heavy atom. The van der Waals surface area contributed by atoms with Crippen molar-refractivity contribution in [2.24, 2.45) is 0 Å². The Kier molecular flexibility index (Phi) is 4.16. The van der Waals surface area contributed by atoms with Crippen molar-refractivity contribution in [1.82, 2.24) is 0 Å². The molecule has 0 aromatic heterocycles. The third kappa shape index (κ3) is 3.64. The first kappa shape index (κ1) is 10.3. The van der Waals surface area contributed by atoms with E-state index in [1.54, 1.807) is 0 Å². The van der Waals surface area contributed by atoms with Gasteiger partial charge in [0.15, 0.2) is 6.10 Å². The van der Waals surface area contributed by atoms with E-state index >= 15 is 0 Å². The lowest BCUT2D eigenvalue weighted by atomic mass is 10.00.